The molecule has 1 amide bonds. The minimum atomic E-state index is -4.97. The number of halogens is 6. The monoisotopic (exact) mass is 540 g/mol. The first kappa shape index (κ1) is 28.1. The summed E-state index contributed by atoms with van der Waals surface area (Å²) in [6.45, 7) is 2.76. The molecule has 206 valence electrons. The number of rotatable bonds is 5. The lowest BCUT2D eigenvalue weighted by molar-refractivity contribution is -0.143. The van der Waals surface area contributed by atoms with E-state index in [1.807, 2.05) is 18.2 Å². The van der Waals surface area contributed by atoms with Gasteiger partial charge in [-0.15, -0.1) is 0 Å². The van der Waals surface area contributed by atoms with Crippen molar-refractivity contribution in [2.75, 3.05) is 13.1 Å². The molecule has 2 aromatic carbocycles. The summed E-state index contributed by atoms with van der Waals surface area (Å²) in [5.74, 6) is -0.179. The van der Waals surface area contributed by atoms with E-state index < -0.39 is 40.8 Å². The molecular formula is C28H30F6N2O2. The Morgan fingerprint density at radius 2 is 1.45 bits per heavy atom. The van der Waals surface area contributed by atoms with Gasteiger partial charge in [0.15, 0.2) is 0 Å². The second-order valence-corrected chi connectivity index (χ2v) is 10.3. The van der Waals surface area contributed by atoms with Crippen molar-refractivity contribution in [3.63, 3.8) is 0 Å². The third-order valence-corrected chi connectivity index (χ3v) is 7.90. The van der Waals surface area contributed by atoms with Crippen LogP contribution in [0.25, 0.3) is 0 Å². The molecule has 4 nitrogen and oxygen atoms in total. The molecule has 1 atom stereocenters. The summed E-state index contributed by atoms with van der Waals surface area (Å²) in [6, 6.07) is 9.60. The first-order valence-corrected chi connectivity index (χ1v) is 12.7. The Morgan fingerprint density at radius 3 is 1.95 bits per heavy atom. The lowest BCUT2D eigenvalue weighted by atomic mass is 9.67. The fraction of sp³-hybridized carbons (Fsp3) is 0.500. The number of alkyl halides is 6. The van der Waals surface area contributed by atoms with Crippen LogP contribution >= 0.6 is 0 Å². The molecule has 10 heteroatoms. The van der Waals surface area contributed by atoms with Crippen molar-refractivity contribution in [2.45, 2.75) is 75.3 Å². The Balaban J connectivity index is 1.58. The van der Waals surface area contributed by atoms with E-state index in [0.717, 1.165) is 5.56 Å². The summed E-state index contributed by atoms with van der Waals surface area (Å²) < 4.78 is 80.2. The summed E-state index contributed by atoms with van der Waals surface area (Å²) >= 11 is 0. The molecule has 1 aliphatic heterocycles. The Morgan fingerprint density at radius 1 is 0.921 bits per heavy atom. The lowest BCUT2D eigenvalue weighted by Crippen LogP contribution is -2.51. The van der Waals surface area contributed by atoms with E-state index in [0.29, 0.717) is 63.7 Å². The van der Waals surface area contributed by atoms with Crippen LogP contribution < -0.4 is 5.32 Å². The summed E-state index contributed by atoms with van der Waals surface area (Å²) in [6.07, 6.45) is -6.60. The number of likely N-dealkylation sites (tertiary alicyclic amines) is 1. The van der Waals surface area contributed by atoms with Crippen molar-refractivity contribution in [3.05, 3.63) is 70.8 Å². The van der Waals surface area contributed by atoms with Crippen molar-refractivity contribution in [1.29, 1.82) is 0 Å². The third-order valence-electron chi connectivity index (χ3n) is 7.90. The Labute approximate surface area is 217 Å². The van der Waals surface area contributed by atoms with Crippen molar-refractivity contribution in [1.82, 2.24) is 10.2 Å². The highest BCUT2D eigenvalue weighted by Gasteiger charge is 2.45. The average Bonchev–Trinajstić information content (AvgIpc) is 2.88. The third kappa shape index (κ3) is 6.06. The van der Waals surface area contributed by atoms with Crippen molar-refractivity contribution < 1.29 is 35.9 Å². The van der Waals surface area contributed by atoms with E-state index in [1.165, 1.54) is 6.92 Å². The average molecular weight is 541 g/mol. The molecule has 4 rings (SSSR count). The minimum Gasteiger partial charge on any atom is -0.349 e. The number of benzene rings is 2. The van der Waals surface area contributed by atoms with E-state index in [4.69, 9.17) is 0 Å². The van der Waals surface area contributed by atoms with Gasteiger partial charge in [0.2, 0.25) is 5.91 Å². The number of Topliss-reactive ketones (excluding diaryl/α,β-unsaturated/α-hetero) is 1. The summed E-state index contributed by atoms with van der Waals surface area (Å²) in [5.41, 5.74) is -3.30. The predicted molar refractivity (Wildman–Crippen MR) is 129 cm³/mol. The summed E-state index contributed by atoms with van der Waals surface area (Å²) in [5, 5.41) is 2.73. The van der Waals surface area contributed by atoms with Gasteiger partial charge in [0, 0.05) is 32.0 Å². The predicted octanol–water partition coefficient (Wildman–Crippen LogP) is 6.45. The van der Waals surface area contributed by atoms with Gasteiger partial charge >= 0.3 is 12.4 Å². The Hall–Kier alpha value is -2.88. The number of hydrogen-bond donors (Lipinski definition) is 1. The SMILES string of the molecule is CC(NC(=O)[C@]1(c2ccccc2)CC[C@@H](N2CCC(=O)CC2)CC1)c1cc(C(F)(F)F)cc(C(F)(F)F)c1. The normalized spacial score (nSPS) is 24.2. The highest BCUT2D eigenvalue weighted by molar-refractivity contribution is 5.88. The molecule has 2 aromatic rings. The largest absolute Gasteiger partial charge is 0.416 e. The fourth-order valence-electron chi connectivity index (χ4n) is 5.65. The zero-order valence-corrected chi connectivity index (χ0v) is 21.0. The van der Waals surface area contributed by atoms with Crippen LogP contribution in [0.15, 0.2) is 48.5 Å². The fourth-order valence-corrected chi connectivity index (χ4v) is 5.65. The molecule has 1 aliphatic carbocycles. The maximum atomic E-state index is 13.8. The van der Waals surface area contributed by atoms with E-state index in [9.17, 15) is 35.9 Å². The minimum absolute atomic E-state index is 0.0823. The smallest absolute Gasteiger partial charge is 0.349 e. The van der Waals surface area contributed by atoms with Crippen LogP contribution in [0, 0.1) is 0 Å². The van der Waals surface area contributed by atoms with Crippen LogP contribution in [-0.2, 0) is 27.4 Å². The number of nitrogens with zero attached hydrogens (tertiary/aromatic N) is 1. The topological polar surface area (TPSA) is 49.4 Å². The molecule has 2 aliphatic rings. The maximum absolute atomic E-state index is 13.8. The van der Waals surface area contributed by atoms with E-state index in [2.05, 4.69) is 10.2 Å². The number of carbonyl (C=O) groups is 2. The van der Waals surface area contributed by atoms with Crippen LogP contribution in [0.3, 0.4) is 0 Å². The van der Waals surface area contributed by atoms with Crippen LogP contribution in [0.4, 0.5) is 26.3 Å². The molecule has 1 heterocycles. The van der Waals surface area contributed by atoms with Gasteiger partial charge in [-0.05, 0) is 61.9 Å². The first-order chi connectivity index (χ1) is 17.8. The van der Waals surface area contributed by atoms with Crippen LogP contribution in [0.5, 0.6) is 0 Å². The highest BCUT2D eigenvalue weighted by Crippen LogP contribution is 2.43. The van der Waals surface area contributed by atoms with E-state index in [-0.39, 0.29) is 23.5 Å². The Bertz CT molecular complexity index is 1110. The molecule has 0 aromatic heterocycles. The van der Waals surface area contributed by atoms with Crippen LogP contribution in [0.2, 0.25) is 0 Å². The molecule has 1 saturated carbocycles. The lowest BCUT2D eigenvalue weighted by Gasteiger charge is -2.44. The number of carbonyl (C=O) groups excluding carboxylic acids is 2. The van der Waals surface area contributed by atoms with Gasteiger partial charge in [-0.1, -0.05) is 30.3 Å². The Kier molecular flexibility index (Phi) is 7.93. The van der Waals surface area contributed by atoms with E-state index >= 15 is 0 Å². The molecule has 0 bridgehead atoms. The maximum Gasteiger partial charge on any atom is 0.416 e. The number of hydrogen-bond acceptors (Lipinski definition) is 3. The molecule has 0 radical (unpaired) electrons. The molecule has 0 spiro atoms. The van der Waals surface area contributed by atoms with Gasteiger partial charge in [0.1, 0.15) is 5.78 Å². The number of amides is 1. The van der Waals surface area contributed by atoms with E-state index in [1.54, 1.807) is 12.1 Å². The quantitative estimate of drug-likeness (QED) is 0.444. The van der Waals surface area contributed by atoms with Crippen LogP contribution in [0.1, 0.15) is 73.7 Å². The van der Waals surface area contributed by atoms with Crippen molar-refractivity contribution in [2.24, 2.45) is 0 Å². The number of nitrogens with one attached hydrogen (secondary N) is 1. The summed E-state index contributed by atoms with van der Waals surface area (Å²) in [4.78, 5) is 27.7. The zero-order chi connectivity index (χ0) is 27.7. The zero-order valence-electron chi connectivity index (χ0n) is 21.0. The van der Waals surface area contributed by atoms with Gasteiger partial charge in [0.05, 0.1) is 22.6 Å². The second-order valence-electron chi connectivity index (χ2n) is 10.3. The van der Waals surface area contributed by atoms with Gasteiger partial charge in [-0.3, -0.25) is 14.5 Å². The molecule has 2 fully saturated rings. The van der Waals surface area contributed by atoms with Gasteiger partial charge < -0.3 is 5.32 Å². The molecule has 38 heavy (non-hydrogen) atoms. The number of ketones is 1. The highest BCUT2D eigenvalue weighted by atomic mass is 19.4. The summed E-state index contributed by atoms with van der Waals surface area (Å²) in [7, 11) is 0. The number of piperidine rings is 1. The second kappa shape index (κ2) is 10.7. The molecular weight excluding hydrogens is 510 g/mol. The standard InChI is InChI=1S/C28H30F6N2O2/c1-18(19-15-21(27(29,30)31)17-22(16-19)28(32,33)34)35-25(38)26(20-5-3-2-4-6-20)11-7-23(8-12-26)36-13-9-24(37)10-14-36/h2-6,15-18,23H,7-14H2,1H3,(H,35,38)/t18?,23-,26-. The van der Waals surface area contributed by atoms with Gasteiger partial charge in [0.25, 0.3) is 0 Å². The van der Waals surface area contributed by atoms with Gasteiger partial charge in [-0.25, -0.2) is 0 Å². The molecule has 1 N–H and O–H groups in total. The molecule has 1 saturated heterocycles. The molecule has 1 unspecified atom stereocenters. The van der Waals surface area contributed by atoms with Crippen molar-refractivity contribution >= 4 is 11.7 Å². The van der Waals surface area contributed by atoms with Crippen molar-refractivity contribution in [3.8, 4) is 0 Å². The first-order valence-electron chi connectivity index (χ1n) is 12.7. The van der Waals surface area contributed by atoms with Crippen LogP contribution in [-0.4, -0.2) is 35.7 Å². The van der Waals surface area contributed by atoms with Gasteiger partial charge in [-0.2, -0.15) is 26.3 Å².